The minimum atomic E-state index is -0.655. The van der Waals surface area contributed by atoms with E-state index in [4.69, 9.17) is 5.73 Å². The van der Waals surface area contributed by atoms with Gasteiger partial charge in [0.25, 0.3) is 5.91 Å². The molecule has 18 heavy (non-hydrogen) atoms. The summed E-state index contributed by atoms with van der Waals surface area (Å²) in [6, 6.07) is 9.62. The van der Waals surface area contributed by atoms with Crippen molar-refractivity contribution in [2.24, 2.45) is 5.73 Å². The quantitative estimate of drug-likeness (QED) is 0.719. The van der Waals surface area contributed by atoms with E-state index >= 15 is 0 Å². The first kappa shape index (κ1) is 10.4. The molecule has 0 aliphatic heterocycles. The lowest BCUT2D eigenvalue weighted by atomic mass is 10.2. The molecule has 0 spiro atoms. The molecular weight excluding hydrogens is 230 g/mol. The van der Waals surface area contributed by atoms with E-state index in [2.05, 4.69) is 15.1 Å². The Morgan fingerprint density at radius 3 is 2.67 bits per heavy atom. The highest BCUT2D eigenvalue weighted by Gasteiger charge is 2.12. The zero-order valence-corrected chi connectivity index (χ0v) is 9.32. The van der Waals surface area contributed by atoms with Crippen molar-refractivity contribution in [2.45, 2.75) is 0 Å². The van der Waals surface area contributed by atoms with Crippen molar-refractivity contribution in [2.75, 3.05) is 0 Å². The van der Waals surface area contributed by atoms with Crippen molar-refractivity contribution in [1.82, 2.24) is 19.6 Å². The van der Waals surface area contributed by atoms with Gasteiger partial charge in [0.1, 0.15) is 0 Å². The maximum absolute atomic E-state index is 11.1. The van der Waals surface area contributed by atoms with E-state index in [0.29, 0.717) is 5.65 Å². The third-order valence-electron chi connectivity index (χ3n) is 2.54. The van der Waals surface area contributed by atoms with Gasteiger partial charge in [0.05, 0.1) is 18.1 Å². The van der Waals surface area contributed by atoms with Crippen LogP contribution in [-0.2, 0) is 0 Å². The fraction of sp³-hybridized carbons (Fsp3) is 0. The van der Waals surface area contributed by atoms with Crippen LogP contribution in [0.25, 0.3) is 16.9 Å². The van der Waals surface area contributed by atoms with Crippen molar-refractivity contribution >= 4 is 11.6 Å². The van der Waals surface area contributed by atoms with Crippen molar-refractivity contribution in [3.05, 3.63) is 48.5 Å². The van der Waals surface area contributed by atoms with E-state index in [1.165, 1.54) is 6.20 Å². The van der Waals surface area contributed by atoms with Gasteiger partial charge in [-0.2, -0.15) is 0 Å². The first-order valence-corrected chi connectivity index (χ1v) is 5.32. The molecule has 0 fully saturated rings. The first-order chi connectivity index (χ1) is 8.75. The van der Waals surface area contributed by atoms with Crippen LogP contribution in [0.15, 0.2) is 42.7 Å². The molecular formula is C12H9N5O. The molecule has 0 radical (unpaired) electrons. The van der Waals surface area contributed by atoms with Gasteiger partial charge in [-0.15, -0.1) is 5.10 Å². The summed E-state index contributed by atoms with van der Waals surface area (Å²) in [7, 11) is 0. The van der Waals surface area contributed by atoms with Crippen LogP contribution in [-0.4, -0.2) is 25.5 Å². The Hall–Kier alpha value is -2.76. The maximum Gasteiger partial charge on any atom is 0.288 e. The number of hydrogen-bond donors (Lipinski definition) is 1. The second-order valence-corrected chi connectivity index (χ2v) is 3.73. The molecule has 1 amide bonds. The molecule has 88 valence electrons. The normalized spacial score (nSPS) is 10.7. The van der Waals surface area contributed by atoms with Gasteiger partial charge < -0.3 is 5.73 Å². The molecule has 2 N–H and O–H groups in total. The van der Waals surface area contributed by atoms with Gasteiger partial charge in [-0.3, -0.25) is 9.78 Å². The van der Waals surface area contributed by atoms with E-state index < -0.39 is 5.91 Å². The van der Waals surface area contributed by atoms with E-state index in [0.717, 1.165) is 11.3 Å². The molecule has 0 saturated heterocycles. The third kappa shape index (κ3) is 1.60. The SMILES string of the molecule is NC(=O)c1nc2cncc(-c3ccccc3)n2n1. The minimum Gasteiger partial charge on any atom is -0.363 e. The van der Waals surface area contributed by atoms with Gasteiger partial charge in [0.15, 0.2) is 5.65 Å². The number of carbonyl (C=O) groups excluding carboxylic acids is 1. The Kier molecular flexibility index (Phi) is 2.26. The zero-order chi connectivity index (χ0) is 12.5. The lowest BCUT2D eigenvalue weighted by Gasteiger charge is -2.02. The molecule has 0 aliphatic rings. The van der Waals surface area contributed by atoms with Gasteiger partial charge in [-0.1, -0.05) is 30.3 Å². The summed E-state index contributed by atoms with van der Waals surface area (Å²) in [5.41, 5.74) is 7.36. The molecule has 3 aromatic rings. The Balaban J connectivity index is 2.27. The summed E-state index contributed by atoms with van der Waals surface area (Å²) >= 11 is 0. The summed E-state index contributed by atoms with van der Waals surface area (Å²) in [4.78, 5) is 19.2. The van der Waals surface area contributed by atoms with Crippen molar-refractivity contribution in [1.29, 1.82) is 0 Å². The largest absolute Gasteiger partial charge is 0.363 e. The summed E-state index contributed by atoms with van der Waals surface area (Å²) < 4.78 is 1.56. The summed E-state index contributed by atoms with van der Waals surface area (Å²) in [6.07, 6.45) is 3.20. The number of aromatic nitrogens is 4. The molecule has 2 heterocycles. The fourth-order valence-electron chi connectivity index (χ4n) is 1.72. The number of nitrogens with two attached hydrogens (primary N) is 1. The van der Waals surface area contributed by atoms with Crippen LogP contribution >= 0.6 is 0 Å². The molecule has 6 nitrogen and oxygen atoms in total. The Bertz CT molecular complexity index is 720. The smallest absolute Gasteiger partial charge is 0.288 e. The Morgan fingerprint density at radius 2 is 1.94 bits per heavy atom. The number of carbonyl (C=O) groups is 1. The lowest BCUT2D eigenvalue weighted by molar-refractivity contribution is 0.0990. The average Bonchev–Trinajstić information content (AvgIpc) is 2.83. The lowest BCUT2D eigenvalue weighted by Crippen LogP contribution is -2.13. The summed E-state index contributed by atoms with van der Waals surface area (Å²) in [5, 5.41) is 4.08. The van der Waals surface area contributed by atoms with E-state index in [1.54, 1.807) is 10.7 Å². The highest BCUT2D eigenvalue weighted by molar-refractivity contribution is 5.89. The zero-order valence-electron chi connectivity index (χ0n) is 9.32. The van der Waals surface area contributed by atoms with Crippen LogP contribution in [0.2, 0.25) is 0 Å². The fourth-order valence-corrected chi connectivity index (χ4v) is 1.72. The van der Waals surface area contributed by atoms with E-state index in [9.17, 15) is 4.79 Å². The predicted molar refractivity (Wildman–Crippen MR) is 64.7 cm³/mol. The number of rotatable bonds is 2. The summed E-state index contributed by atoms with van der Waals surface area (Å²) in [6.45, 7) is 0. The van der Waals surface area contributed by atoms with Crippen molar-refractivity contribution < 1.29 is 4.79 Å². The van der Waals surface area contributed by atoms with Gasteiger partial charge in [-0.05, 0) is 0 Å². The van der Waals surface area contributed by atoms with Gasteiger partial charge >= 0.3 is 0 Å². The molecule has 0 atom stereocenters. The highest BCUT2D eigenvalue weighted by Crippen LogP contribution is 2.18. The standard InChI is InChI=1S/C12H9N5O/c13-11(18)12-15-10-7-14-6-9(17(10)16-12)8-4-2-1-3-5-8/h1-7H,(H2,13,18). The minimum absolute atomic E-state index is 0.0137. The monoisotopic (exact) mass is 239 g/mol. The van der Waals surface area contributed by atoms with Gasteiger partial charge in [0.2, 0.25) is 5.82 Å². The molecule has 0 unspecified atom stereocenters. The number of hydrogen-bond acceptors (Lipinski definition) is 4. The predicted octanol–water partition coefficient (Wildman–Crippen LogP) is 0.890. The molecule has 0 saturated carbocycles. The molecule has 2 aromatic heterocycles. The van der Waals surface area contributed by atoms with Crippen molar-refractivity contribution in [3.63, 3.8) is 0 Å². The average molecular weight is 239 g/mol. The number of fused-ring (bicyclic) bond motifs is 1. The molecule has 3 rings (SSSR count). The summed E-state index contributed by atoms with van der Waals surface area (Å²) in [5.74, 6) is -0.669. The highest BCUT2D eigenvalue weighted by atomic mass is 16.1. The van der Waals surface area contributed by atoms with Crippen LogP contribution in [0, 0.1) is 0 Å². The number of nitrogens with zero attached hydrogens (tertiary/aromatic N) is 4. The van der Waals surface area contributed by atoms with E-state index in [-0.39, 0.29) is 5.82 Å². The van der Waals surface area contributed by atoms with Crippen LogP contribution in [0.4, 0.5) is 0 Å². The topological polar surface area (TPSA) is 86.2 Å². The van der Waals surface area contributed by atoms with Crippen molar-refractivity contribution in [3.8, 4) is 11.3 Å². The van der Waals surface area contributed by atoms with Crippen LogP contribution in [0.3, 0.4) is 0 Å². The second kappa shape index (κ2) is 3.92. The Labute approximate surface area is 102 Å². The van der Waals surface area contributed by atoms with Gasteiger partial charge in [-0.25, -0.2) is 9.50 Å². The molecule has 1 aromatic carbocycles. The van der Waals surface area contributed by atoms with Crippen LogP contribution in [0.1, 0.15) is 10.6 Å². The third-order valence-corrected chi connectivity index (χ3v) is 2.54. The number of benzene rings is 1. The molecule has 0 bridgehead atoms. The maximum atomic E-state index is 11.1. The first-order valence-electron chi connectivity index (χ1n) is 5.32. The number of primary amides is 1. The molecule has 6 heteroatoms. The Morgan fingerprint density at radius 1 is 1.17 bits per heavy atom. The molecule has 0 aliphatic carbocycles. The number of amides is 1. The van der Waals surface area contributed by atoms with Gasteiger partial charge in [0, 0.05) is 5.56 Å². The van der Waals surface area contributed by atoms with Crippen LogP contribution in [0.5, 0.6) is 0 Å². The van der Waals surface area contributed by atoms with Crippen LogP contribution < -0.4 is 5.73 Å². The second-order valence-electron chi connectivity index (χ2n) is 3.73. The van der Waals surface area contributed by atoms with E-state index in [1.807, 2.05) is 30.3 Å².